The largest absolute Gasteiger partial charge is 0.378 e. The first-order valence-electron chi connectivity index (χ1n) is 5.34. The Morgan fingerprint density at radius 2 is 2.38 bits per heavy atom. The zero-order valence-electron chi connectivity index (χ0n) is 9.02. The number of rotatable bonds is 3. The molecule has 1 aliphatic heterocycles. The predicted molar refractivity (Wildman–Crippen MR) is 61.6 cm³/mol. The summed E-state index contributed by atoms with van der Waals surface area (Å²) in [6.45, 7) is 3.28. The number of amides is 2. The van der Waals surface area contributed by atoms with Crippen molar-refractivity contribution in [3.8, 4) is 0 Å². The summed E-state index contributed by atoms with van der Waals surface area (Å²) in [5.41, 5.74) is 2.84. The summed E-state index contributed by atoms with van der Waals surface area (Å²) in [6.07, 6.45) is 0.791. The van der Waals surface area contributed by atoms with E-state index in [9.17, 15) is 4.79 Å². The number of carbonyl (C=O) groups excluding carboxylic acids is 1. The molecule has 1 saturated heterocycles. The molecule has 0 atom stereocenters. The molecule has 0 bridgehead atoms. The molecule has 1 fully saturated rings. The normalized spacial score (nSPS) is 16.1. The van der Waals surface area contributed by atoms with Gasteiger partial charge >= 0.3 is 6.03 Å². The molecule has 1 aromatic heterocycles. The molecular formula is C10H15N3O2S. The highest BCUT2D eigenvalue weighted by Gasteiger charge is 2.15. The van der Waals surface area contributed by atoms with E-state index < -0.39 is 0 Å². The molecule has 2 amide bonds. The van der Waals surface area contributed by atoms with E-state index in [-0.39, 0.29) is 6.03 Å². The molecule has 5 nitrogen and oxygen atoms in total. The lowest BCUT2D eigenvalue weighted by atomic mass is 10.3. The van der Waals surface area contributed by atoms with Crippen molar-refractivity contribution in [1.29, 1.82) is 0 Å². The van der Waals surface area contributed by atoms with Crippen LogP contribution in [0.3, 0.4) is 0 Å². The van der Waals surface area contributed by atoms with Gasteiger partial charge in [-0.15, -0.1) is 11.3 Å². The van der Waals surface area contributed by atoms with Crippen molar-refractivity contribution in [3.05, 3.63) is 16.6 Å². The second-order valence-electron chi connectivity index (χ2n) is 3.56. The van der Waals surface area contributed by atoms with Crippen LogP contribution in [-0.4, -0.2) is 48.8 Å². The van der Waals surface area contributed by atoms with Crippen molar-refractivity contribution in [2.45, 2.75) is 6.42 Å². The van der Waals surface area contributed by atoms with Gasteiger partial charge in [0.1, 0.15) is 0 Å². The van der Waals surface area contributed by atoms with Gasteiger partial charge in [0.2, 0.25) is 0 Å². The minimum Gasteiger partial charge on any atom is -0.378 e. The van der Waals surface area contributed by atoms with Crippen LogP contribution >= 0.6 is 11.3 Å². The molecule has 88 valence electrons. The van der Waals surface area contributed by atoms with Gasteiger partial charge in [0, 0.05) is 31.4 Å². The number of morpholine rings is 1. The van der Waals surface area contributed by atoms with E-state index in [1.54, 1.807) is 21.7 Å². The fourth-order valence-electron chi connectivity index (χ4n) is 1.54. The van der Waals surface area contributed by atoms with Crippen molar-refractivity contribution in [2.24, 2.45) is 0 Å². The molecule has 0 saturated carbocycles. The van der Waals surface area contributed by atoms with Crippen LogP contribution in [0.25, 0.3) is 0 Å². The van der Waals surface area contributed by atoms with E-state index in [4.69, 9.17) is 4.74 Å². The van der Waals surface area contributed by atoms with Crippen LogP contribution < -0.4 is 5.32 Å². The molecule has 1 N–H and O–H groups in total. The molecule has 0 radical (unpaired) electrons. The first kappa shape index (κ1) is 11.3. The maximum atomic E-state index is 11.7. The fourth-order valence-corrected chi connectivity index (χ4v) is 2.13. The van der Waals surface area contributed by atoms with Gasteiger partial charge in [-0.1, -0.05) is 0 Å². The third kappa shape index (κ3) is 3.18. The van der Waals surface area contributed by atoms with E-state index >= 15 is 0 Å². The van der Waals surface area contributed by atoms with E-state index in [2.05, 4.69) is 10.3 Å². The predicted octanol–water partition coefficient (Wildman–Crippen LogP) is 0.727. The topological polar surface area (TPSA) is 54.5 Å². The second kappa shape index (κ2) is 5.81. The molecule has 2 heterocycles. The second-order valence-corrected chi connectivity index (χ2v) is 4.28. The molecule has 6 heteroatoms. The monoisotopic (exact) mass is 241 g/mol. The molecular weight excluding hydrogens is 226 g/mol. The average molecular weight is 241 g/mol. The van der Waals surface area contributed by atoms with E-state index in [1.165, 1.54) is 0 Å². The maximum absolute atomic E-state index is 11.7. The lowest BCUT2D eigenvalue weighted by Gasteiger charge is -2.26. The summed E-state index contributed by atoms with van der Waals surface area (Å²) >= 11 is 1.58. The Labute approximate surface area is 98.4 Å². The number of nitrogens with one attached hydrogen (secondary N) is 1. The fraction of sp³-hybridized carbons (Fsp3) is 0.600. The molecule has 1 aromatic rings. The number of ether oxygens (including phenoxy) is 1. The Balaban J connectivity index is 1.67. The Morgan fingerprint density at radius 3 is 3.06 bits per heavy atom. The third-order valence-corrected chi connectivity index (χ3v) is 3.07. The number of urea groups is 1. The minimum absolute atomic E-state index is 0.00136. The summed E-state index contributed by atoms with van der Waals surface area (Å²) < 4.78 is 5.18. The highest BCUT2D eigenvalue weighted by Crippen LogP contribution is 2.01. The van der Waals surface area contributed by atoms with Gasteiger partial charge in [-0.2, -0.15) is 0 Å². The maximum Gasteiger partial charge on any atom is 0.317 e. The van der Waals surface area contributed by atoms with Gasteiger partial charge < -0.3 is 15.0 Å². The number of carbonyl (C=O) groups is 1. The molecule has 0 aromatic carbocycles. The average Bonchev–Trinajstić information content (AvgIpc) is 2.83. The Morgan fingerprint density at radius 1 is 1.56 bits per heavy atom. The van der Waals surface area contributed by atoms with Crippen molar-refractivity contribution in [2.75, 3.05) is 32.8 Å². The number of nitrogens with zero attached hydrogens (tertiary/aromatic N) is 2. The van der Waals surface area contributed by atoms with Gasteiger partial charge in [0.25, 0.3) is 0 Å². The van der Waals surface area contributed by atoms with Crippen LogP contribution in [0, 0.1) is 0 Å². The van der Waals surface area contributed by atoms with Crippen LogP contribution in [0.1, 0.15) is 5.69 Å². The Kier molecular flexibility index (Phi) is 4.12. The smallest absolute Gasteiger partial charge is 0.317 e. The van der Waals surface area contributed by atoms with Crippen LogP contribution in [-0.2, 0) is 11.2 Å². The Bertz CT molecular complexity index is 323. The van der Waals surface area contributed by atoms with Gasteiger partial charge in [-0.25, -0.2) is 9.78 Å². The van der Waals surface area contributed by atoms with E-state index in [0.717, 1.165) is 12.1 Å². The van der Waals surface area contributed by atoms with Crippen LogP contribution in [0.15, 0.2) is 10.9 Å². The van der Waals surface area contributed by atoms with Crippen molar-refractivity contribution < 1.29 is 9.53 Å². The lowest BCUT2D eigenvalue weighted by Crippen LogP contribution is -2.46. The minimum atomic E-state index is -0.00136. The standard InChI is InChI=1S/C10H15N3O2S/c14-10(13-3-5-15-6-4-13)11-2-1-9-7-16-8-12-9/h7-8H,1-6H2,(H,11,14). The zero-order valence-corrected chi connectivity index (χ0v) is 9.83. The van der Waals surface area contributed by atoms with Gasteiger partial charge in [0.15, 0.2) is 0 Å². The van der Waals surface area contributed by atoms with Gasteiger partial charge in [-0.3, -0.25) is 0 Å². The van der Waals surface area contributed by atoms with Crippen molar-refractivity contribution in [1.82, 2.24) is 15.2 Å². The number of aromatic nitrogens is 1. The third-order valence-electron chi connectivity index (χ3n) is 2.44. The summed E-state index contributed by atoms with van der Waals surface area (Å²) in [4.78, 5) is 17.6. The number of thiazole rings is 1. The van der Waals surface area contributed by atoms with Gasteiger partial charge in [-0.05, 0) is 0 Å². The summed E-state index contributed by atoms with van der Waals surface area (Å²) in [5, 5.41) is 4.89. The molecule has 16 heavy (non-hydrogen) atoms. The van der Waals surface area contributed by atoms with E-state index in [1.807, 2.05) is 5.38 Å². The highest BCUT2D eigenvalue weighted by molar-refractivity contribution is 7.07. The molecule has 2 rings (SSSR count). The summed E-state index contributed by atoms with van der Waals surface area (Å²) in [5.74, 6) is 0. The first-order valence-corrected chi connectivity index (χ1v) is 6.28. The van der Waals surface area contributed by atoms with Crippen LogP contribution in [0.4, 0.5) is 4.79 Å². The molecule has 0 spiro atoms. The molecule has 1 aliphatic rings. The molecule has 0 unspecified atom stereocenters. The SMILES string of the molecule is O=C(NCCc1cscn1)N1CCOCC1. The highest BCUT2D eigenvalue weighted by atomic mass is 32.1. The van der Waals surface area contributed by atoms with Gasteiger partial charge in [0.05, 0.1) is 24.4 Å². The first-order chi connectivity index (χ1) is 7.86. The van der Waals surface area contributed by atoms with Crippen LogP contribution in [0.5, 0.6) is 0 Å². The summed E-state index contributed by atoms with van der Waals surface area (Å²) in [6, 6.07) is -0.00136. The van der Waals surface area contributed by atoms with Crippen molar-refractivity contribution >= 4 is 17.4 Å². The zero-order chi connectivity index (χ0) is 11.2. The lowest BCUT2D eigenvalue weighted by molar-refractivity contribution is 0.0533. The number of hydrogen-bond donors (Lipinski definition) is 1. The number of hydrogen-bond acceptors (Lipinski definition) is 4. The molecule has 0 aliphatic carbocycles. The van der Waals surface area contributed by atoms with Crippen LogP contribution in [0.2, 0.25) is 0 Å². The van der Waals surface area contributed by atoms with Crippen molar-refractivity contribution in [3.63, 3.8) is 0 Å². The Hall–Kier alpha value is -1.14. The quantitative estimate of drug-likeness (QED) is 0.848. The summed E-state index contributed by atoms with van der Waals surface area (Å²) in [7, 11) is 0. The van der Waals surface area contributed by atoms with E-state index in [0.29, 0.717) is 32.8 Å².